The first-order valence-corrected chi connectivity index (χ1v) is 6.96. The molecule has 1 fully saturated rings. The van der Waals surface area contributed by atoms with Gasteiger partial charge in [0.05, 0.1) is 0 Å². The van der Waals surface area contributed by atoms with Gasteiger partial charge in [-0.05, 0) is 41.3 Å². The molecule has 102 valence electrons. The summed E-state index contributed by atoms with van der Waals surface area (Å²) in [5.41, 5.74) is 1.13. The standard InChI is InChI=1S/C14H12N2O3S/c17-13-8-16(14(18)15-13)9-19-11-5-3-10(4-6-11)12-2-1-7-20-12/h1-7H,8-9H2,(H,15,17,18). The van der Waals surface area contributed by atoms with Crippen LogP contribution in [0.1, 0.15) is 0 Å². The molecule has 2 aromatic rings. The first kappa shape index (κ1) is 12.7. The Morgan fingerprint density at radius 1 is 1.20 bits per heavy atom. The second kappa shape index (κ2) is 5.34. The van der Waals surface area contributed by atoms with Crippen molar-refractivity contribution in [3.05, 3.63) is 41.8 Å². The van der Waals surface area contributed by atoms with E-state index in [0.29, 0.717) is 5.75 Å². The Hall–Kier alpha value is -2.34. The van der Waals surface area contributed by atoms with Crippen LogP contribution in [0, 0.1) is 0 Å². The predicted octanol–water partition coefficient (Wildman–Crippen LogP) is 2.30. The molecule has 0 unspecified atom stereocenters. The third kappa shape index (κ3) is 2.65. The summed E-state index contributed by atoms with van der Waals surface area (Å²) in [7, 11) is 0. The van der Waals surface area contributed by atoms with E-state index in [1.807, 2.05) is 35.7 Å². The molecule has 1 aromatic carbocycles. The van der Waals surface area contributed by atoms with E-state index in [-0.39, 0.29) is 19.2 Å². The number of rotatable bonds is 4. The monoisotopic (exact) mass is 288 g/mol. The maximum atomic E-state index is 11.3. The fourth-order valence-electron chi connectivity index (χ4n) is 1.90. The van der Waals surface area contributed by atoms with Gasteiger partial charge in [0.1, 0.15) is 12.3 Å². The van der Waals surface area contributed by atoms with Crippen LogP contribution in [-0.2, 0) is 4.79 Å². The minimum Gasteiger partial charge on any atom is -0.473 e. The second-order valence-electron chi connectivity index (χ2n) is 4.33. The van der Waals surface area contributed by atoms with E-state index in [4.69, 9.17) is 4.74 Å². The summed E-state index contributed by atoms with van der Waals surface area (Å²) in [6.45, 7) is 0.113. The molecule has 0 saturated carbocycles. The zero-order valence-corrected chi connectivity index (χ0v) is 11.4. The summed E-state index contributed by atoms with van der Waals surface area (Å²) in [5.74, 6) is 0.365. The topological polar surface area (TPSA) is 58.6 Å². The van der Waals surface area contributed by atoms with Gasteiger partial charge in [-0.25, -0.2) is 4.79 Å². The predicted molar refractivity (Wildman–Crippen MR) is 75.5 cm³/mol. The molecular formula is C14H12N2O3S. The summed E-state index contributed by atoms with van der Waals surface area (Å²) in [6.07, 6.45) is 0. The lowest BCUT2D eigenvalue weighted by atomic mass is 10.2. The van der Waals surface area contributed by atoms with Crippen molar-refractivity contribution in [1.29, 1.82) is 0 Å². The summed E-state index contributed by atoms with van der Waals surface area (Å²) in [6, 6.07) is 11.3. The van der Waals surface area contributed by atoms with E-state index in [9.17, 15) is 9.59 Å². The molecule has 1 saturated heterocycles. The van der Waals surface area contributed by atoms with Crippen molar-refractivity contribution in [3.63, 3.8) is 0 Å². The van der Waals surface area contributed by atoms with Gasteiger partial charge in [0, 0.05) is 4.88 Å². The number of benzene rings is 1. The SMILES string of the molecule is O=C1CN(COc2ccc(-c3cccs3)cc2)C(=O)N1. The Bertz CT molecular complexity index is 622. The van der Waals surface area contributed by atoms with Crippen LogP contribution < -0.4 is 10.1 Å². The molecule has 5 nitrogen and oxygen atoms in total. The summed E-state index contributed by atoms with van der Waals surface area (Å²) >= 11 is 1.68. The lowest BCUT2D eigenvalue weighted by Gasteiger charge is -2.14. The van der Waals surface area contributed by atoms with E-state index >= 15 is 0 Å². The van der Waals surface area contributed by atoms with Crippen LogP contribution in [0.3, 0.4) is 0 Å². The highest BCUT2D eigenvalue weighted by Gasteiger charge is 2.26. The fourth-order valence-corrected chi connectivity index (χ4v) is 2.63. The van der Waals surface area contributed by atoms with Gasteiger partial charge in [-0.15, -0.1) is 11.3 Å². The maximum absolute atomic E-state index is 11.3. The van der Waals surface area contributed by atoms with Crippen LogP contribution in [0.25, 0.3) is 10.4 Å². The molecule has 3 rings (SSSR count). The van der Waals surface area contributed by atoms with Gasteiger partial charge >= 0.3 is 6.03 Å². The number of imide groups is 1. The largest absolute Gasteiger partial charge is 0.473 e. The van der Waals surface area contributed by atoms with Gasteiger partial charge in [-0.2, -0.15) is 0 Å². The molecular weight excluding hydrogens is 276 g/mol. The summed E-state index contributed by atoms with van der Waals surface area (Å²) < 4.78 is 5.50. The van der Waals surface area contributed by atoms with Gasteiger partial charge in [0.15, 0.2) is 6.73 Å². The van der Waals surface area contributed by atoms with Gasteiger partial charge < -0.3 is 4.74 Å². The van der Waals surface area contributed by atoms with Gasteiger partial charge in [0.2, 0.25) is 5.91 Å². The molecule has 20 heavy (non-hydrogen) atoms. The van der Waals surface area contributed by atoms with E-state index in [1.165, 1.54) is 9.78 Å². The van der Waals surface area contributed by atoms with E-state index < -0.39 is 6.03 Å². The molecule has 0 atom stereocenters. The zero-order valence-electron chi connectivity index (χ0n) is 10.5. The molecule has 0 aliphatic carbocycles. The summed E-state index contributed by atoms with van der Waals surface area (Å²) in [4.78, 5) is 24.9. The van der Waals surface area contributed by atoms with Crippen molar-refractivity contribution in [3.8, 4) is 16.2 Å². The van der Waals surface area contributed by atoms with E-state index in [0.717, 1.165) is 5.56 Å². The third-order valence-corrected chi connectivity index (χ3v) is 3.83. The van der Waals surface area contributed by atoms with Gasteiger partial charge in [-0.3, -0.25) is 15.0 Å². The minimum absolute atomic E-state index is 0.0477. The van der Waals surface area contributed by atoms with E-state index in [1.54, 1.807) is 11.3 Å². The number of carbonyl (C=O) groups excluding carboxylic acids is 2. The number of nitrogens with zero attached hydrogens (tertiary/aromatic N) is 1. The molecule has 6 heteroatoms. The Balaban J connectivity index is 1.61. The average molecular weight is 288 g/mol. The Labute approximate surface area is 119 Å². The normalized spacial score (nSPS) is 14.5. The van der Waals surface area contributed by atoms with Crippen LogP contribution in [0.15, 0.2) is 41.8 Å². The molecule has 1 aromatic heterocycles. The molecule has 0 spiro atoms. The zero-order chi connectivity index (χ0) is 13.9. The number of thiophene rings is 1. The number of nitrogens with one attached hydrogen (secondary N) is 1. The van der Waals surface area contributed by atoms with Crippen LogP contribution in [0.5, 0.6) is 5.75 Å². The number of hydrogen-bond acceptors (Lipinski definition) is 4. The fraction of sp³-hybridized carbons (Fsp3) is 0.143. The molecule has 0 radical (unpaired) electrons. The maximum Gasteiger partial charge on any atom is 0.327 e. The smallest absolute Gasteiger partial charge is 0.327 e. The Kier molecular flexibility index (Phi) is 3.39. The lowest BCUT2D eigenvalue weighted by molar-refractivity contribution is -0.118. The van der Waals surface area contributed by atoms with Crippen molar-refractivity contribution in [1.82, 2.24) is 10.2 Å². The van der Waals surface area contributed by atoms with Crippen LogP contribution >= 0.6 is 11.3 Å². The minimum atomic E-state index is -0.412. The molecule has 3 amide bonds. The van der Waals surface area contributed by atoms with Gasteiger partial charge in [0.25, 0.3) is 0 Å². The molecule has 1 N–H and O–H groups in total. The lowest BCUT2D eigenvalue weighted by Crippen LogP contribution is -2.31. The summed E-state index contributed by atoms with van der Waals surface area (Å²) in [5, 5.41) is 4.23. The van der Waals surface area contributed by atoms with Gasteiger partial charge in [-0.1, -0.05) is 6.07 Å². The van der Waals surface area contributed by atoms with E-state index in [2.05, 4.69) is 11.4 Å². The highest BCUT2D eigenvalue weighted by molar-refractivity contribution is 7.13. The first-order chi connectivity index (χ1) is 9.72. The number of ether oxygens (including phenoxy) is 1. The highest BCUT2D eigenvalue weighted by Crippen LogP contribution is 2.26. The third-order valence-electron chi connectivity index (χ3n) is 2.92. The average Bonchev–Trinajstić information content (AvgIpc) is 3.07. The van der Waals surface area contributed by atoms with Crippen molar-refractivity contribution >= 4 is 23.3 Å². The number of amides is 3. The highest BCUT2D eigenvalue weighted by atomic mass is 32.1. The van der Waals surface area contributed by atoms with Crippen LogP contribution in [-0.4, -0.2) is 30.1 Å². The van der Waals surface area contributed by atoms with Crippen LogP contribution in [0.2, 0.25) is 0 Å². The quantitative estimate of drug-likeness (QED) is 0.878. The van der Waals surface area contributed by atoms with Crippen molar-refractivity contribution in [2.24, 2.45) is 0 Å². The number of hydrogen-bond donors (Lipinski definition) is 1. The molecule has 2 heterocycles. The van der Waals surface area contributed by atoms with Crippen LogP contribution in [0.4, 0.5) is 4.79 Å². The molecule has 0 bridgehead atoms. The second-order valence-corrected chi connectivity index (χ2v) is 5.27. The van der Waals surface area contributed by atoms with Crippen molar-refractivity contribution in [2.45, 2.75) is 0 Å². The first-order valence-electron chi connectivity index (χ1n) is 6.08. The van der Waals surface area contributed by atoms with Crippen molar-refractivity contribution in [2.75, 3.05) is 13.3 Å². The Morgan fingerprint density at radius 3 is 2.60 bits per heavy atom. The van der Waals surface area contributed by atoms with Crippen molar-refractivity contribution < 1.29 is 14.3 Å². The molecule has 1 aliphatic rings. The Morgan fingerprint density at radius 2 is 2.00 bits per heavy atom. The molecule has 1 aliphatic heterocycles. The number of carbonyl (C=O) groups is 2. The number of urea groups is 1.